The standard InChI is InChI=1S/C18H23NO6/c1-18(2,3)25-17(22)19-10-13(8-14(19)16(20)21)24-12-5-4-11-6-7-23-15(11)9-12/h4-5,9,13-14H,6-8,10H2,1-3H3,(H,20,21)/t13-,14-/m0/s1. The van der Waals surface area contributed by atoms with Crippen molar-refractivity contribution in [1.29, 1.82) is 0 Å². The highest BCUT2D eigenvalue weighted by atomic mass is 16.6. The lowest BCUT2D eigenvalue weighted by Crippen LogP contribution is -2.43. The molecule has 3 rings (SSSR count). The SMILES string of the molecule is CC(C)(C)OC(=O)N1C[C@@H](Oc2ccc3c(c2)OCC3)C[C@H]1C(=O)O. The fourth-order valence-corrected chi connectivity index (χ4v) is 3.05. The largest absolute Gasteiger partial charge is 0.493 e. The zero-order valence-corrected chi connectivity index (χ0v) is 14.7. The molecule has 1 saturated heterocycles. The number of carbonyl (C=O) groups is 2. The van der Waals surface area contributed by atoms with Crippen LogP contribution < -0.4 is 9.47 Å². The summed E-state index contributed by atoms with van der Waals surface area (Å²) in [4.78, 5) is 25.0. The molecule has 2 heterocycles. The van der Waals surface area contributed by atoms with Crippen LogP contribution in [0.4, 0.5) is 4.79 Å². The minimum atomic E-state index is -1.06. The molecule has 2 aliphatic rings. The van der Waals surface area contributed by atoms with Gasteiger partial charge >= 0.3 is 12.1 Å². The Hall–Kier alpha value is -2.44. The normalized spacial score (nSPS) is 22.3. The summed E-state index contributed by atoms with van der Waals surface area (Å²) in [6.45, 7) is 6.07. The molecular weight excluding hydrogens is 326 g/mol. The molecule has 136 valence electrons. The second-order valence-corrected chi connectivity index (χ2v) is 7.33. The van der Waals surface area contributed by atoms with Crippen LogP contribution >= 0.6 is 0 Å². The smallest absolute Gasteiger partial charge is 0.411 e. The molecule has 7 nitrogen and oxygen atoms in total. The van der Waals surface area contributed by atoms with Gasteiger partial charge in [0, 0.05) is 18.9 Å². The number of aliphatic carboxylic acids is 1. The number of carboxylic acids is 1. The first-order chi connectivity index (χ1) is 11.7. The fraction of sp³-hybridized carbons (Fsp3) is 0.556. The number of nitrogens with zero attached hydrogens (tertiary/aromatic N) is 1. The van der Waals surface area contributed by atoms with Crippen molar-refractivity contribution in [2.45, 2.75) is 51.4 Å². The van der Waals surface area contributed by atoms with Crippen molar-refractivity contribution in [1.82, 2.24) is 4.90 Å². The summed E-state index contributed by atoms with van der Waals surface area (Å²) in [6, 6.07) is 4.66. The molecule has 1 fully saturated rings. The highest BCUT2D eigenvalue weighted by Crippen LogP contribution is 2.31. The van der Waals surface area contributed by atoms with Crippen LogP contribution in [0.15, 0.2) is 18.2 Å². The molecule has 25 heavy (non-hydrogen) atoms. The number of carboxylic acid groups (broad SMARTS) is 1. The van der Waals surface area contributed by atoms with Crippen LogP contribution in [0, 0.1) is 0 Å². The second-order valence-electron chi connectivity index (χ2n) is 7.33. The lowest BCUT2D eigenvalue weighted by atomic mass is 10.1. The Bertz CT molecular complexity index is 681. The first-order valence-corrected chi connectivity index (χ1v) is 8.38. The molecule has 0 unspecified atom stereocenters. The van der Waals surface area contributed by atoms with E-state index in [1.165, 1.54) is 4.90 Å². The van der Waals surface area contributed by atoms with Crippen LogP contribution in [0.1, 0.15) is 32.8 Å². The predicted molar refractivity (Wildman–Crippen MR) is 89.0 cm³/mol. The molecule has 0 aliphatic carbocycles. The van der Waals surface area contributed by atoms with Crippen LogP contribution in [0.25, 0.3) is 0 Å². The van der Waals surface area contributed by atoms with Crippen molar-refractivity contribution in [3.05, 3.63) is 23.8 Å². The fourth-order valence-electron chi connectivity index (χ4n) is 3.05. The molecule has 2 aliphatic heterocycles. The summed E-state index contributed by atoms with van der Waals surface area (Å²) in [5, 5.41) is 9.42. The Labute approximate surface area is 146 Å². The molecular formula is C18H23NO6. The number of fused-ring (bicyclic) bond motifs is 1. The van der Waals surface area contributed by atoms with Gasteiger partial charge in [-0.2, -0.15) is 0 Å². The van der Waals surface area contributed by atoms with Crippen LogP contribution in [-0.2, 0) is 16.0 Å². The number of hydrogen-bond donors (Lipinski definition) is 1. The van der Waals surface area contributed by atoms with Gasteiger partial charge in [-0.25, -0.2) is 9.59 Å². The minimum Gasteiger partial charge on any atom is -0.493 e. The van der Waals surface area contributed by atoms with E-state index in [1.54, 1.807) is 20.8 Å². The summed E-state index contributed by atoms with van der Waals surface area (Å²) >= 11 is 0. The summed E-state index contributed by atoms with van der Waals surface area (Å²) in [5.41, 5.74) is 0.453. The lowest BCUT2D eigenvalue weighted by Gasteiger charge is -2.26. The molecule has 1 amide bonds. The Kier molecular flexibility index (Phi) is 4.49. The summed E-state index contributed by atoms with van der Waals surface area (Å²) in [7, 11) is 0. The van der Waals surface area contributed by atoms with Crippen molar-refractivity contribution < 1.29 is 28.9 Å². The quantitative estimate of drug-likeness (QED) is 0.902. The van der Waals surface area contributed by atoms with Gasteiger partial charge in [0.25, 0.3) is 0 Å². The van der Waals surface area contributed by atoms with Gasteiger partial charge in [0.05, 0.1) is 13.2 Å². The van der Waals surface area contributed by atoms with E-state index < -0.39 is 29.8 Å². The number of rotatable bonds is 3. The number of ether oxygens (including phenoxy) is 3. The number of benzene rings is 1. The average molecular weight is 349 g/mol. The molecule has 2 atom stereocenters. The summed E-state index contributed by atoms with van der Waals surface area (Å²) in [5.74, 6) is 0.351. The van der Waals surface area contributed by atoms with Crippen LogP contribution in [0.5, 0.6) is 11.5 Å². The Morgan fingerprint density at radius 1 is 1.32 bits per heavy atom. The van der Waals surface area contributed by atoms with Gasteiger partial charge in [-0.1, -0.05) is 6.07 Å². The molecule has 0 spiro atoms. The Morgan fingerprint density at radius 3 is 2.76 bits per heavy atom. The molecule has 0 aromatic heterocycles. The molecule has 1 aromatic carbocycles. The van der Waals surface area contributed by atoms with Gasteiger partial charge in [0.1, 0.15) is 29.2 Å². The molecule has 0 saturated carbocycles. The summed E-state index contributed by atoms with van der Waals surface area (Å²) in [6.07, 6.45) is 0.0513. The third-order valence-corrected chi connectivity index (χ3v) is 4.15. The van der Waals surface area contributed by atoms with Gasteiger partial charge in [0.15, 0.2) is 0 Å². The minimum absolute atomic E-state index is 0.170. The van der Waals surface area contributed by atoms with Gasteiger partial charge in [-0.05, 0) is 32.4 Å². The zero-order chi connectivity index (χ0) is 18.2. The maximum absolute atomic E-state index is 12.3. The molecule has 0 radical (unpaired) electrons. The number of hydrogen-bond acceptors (Lipinski definition) is 5. The van der Waals surface area contributed by atoms with E-state index in [0.29, 0.717) is 12.4 Å². The number of carbonyl (C=O) groups excluding carboxylic acids is 1. The van der Waals surface area contributed by atoms with Crippen molar-refractivity contribution in [3.8, 4) is 11.5 Å². The van der Waals surface area contributed by atoms with Crippen LogP contribution in [-0.4, -0.2) is 53.0 Å². The maximum Gasteiger partial charge on any atom is 0.411 e. The van der Waals surface area contributed by atoms with E-state index in [1.807, 2.05) is 18.2 Å². The van der Waals surface area contributed by atoms with Crippen molar-refractivity contribution >= 4 is 12.1 Å². The average Bonchev–Trinajstić information content (AvgIpc) is 3.11. The van der Waals surface area contributed by atoms with Gasteiger partial charge in [0.2, 0.25) is 0 Å². The third-order valence-electron chi connectivity index (χ3n) is 4.15. The van der Waals surface area contributed by atoms with Crippen LogP contribution in [0.2, 0.25) is 0 Å². The van der Waals surface area contributed by atoms with E-state index in [-0.39, 0.29) is 13.0 Å². The topological polar surface area (TPSA) is 85.3 Å². The maximum atomic E-state index is 12.3. The van der Waals surface area contributed by atoms with E-state index in [9.17, 15) is 14.7 Å². The first kappa shape index (κ1) is 17.4. The van der Waals surface area contributed by atoms with Crippen molar-refractivity contribution in [3.63, 3.8) is 0 Å². The Balaban J connectivity index is 1.69. The number of likely N-dealkylation sites (tertiary alicyclic amines) is 1. The molecule has 7 heteroatoms. The molecule has 0 bridgehead atoms. The Morgan fingerprint density at radius 2 is 2.08 bits per heavy atom. The van der Waals surface area contributed by atoms with Gasteiger partial charge < -0.3 is 19.3 Å². The van der Waals surface area contributed by atoms with E-state index in [4.69, 9.17) is 14.2 Å². The third kappa shape index (κ3) is 3.97. The monoisotopic (exact) mass is 349 g/mol. The van der Waals surface area contributed by atoms with Crippen molar-refractivity contribution in [2.24, 2.45) is 0 Å². The van der Waals surface area contributed by atoms with Crippen molar-refractivity contribution in [2.75, 3.05) is 13.2 Å². The molecule has 1 N–H and O–H groups in total. The lowest BCUT2D eigenvalue weighted by molar-refractivity contribution is -0.142. The summed E-state index contributed by atoms with van der Waals surface area (Å²) < 4.78 is 16.7. The second kappa shape index (κ2) is 6.46. The highest BCUT2D eigenvalue weighted by Gasteiger charge is 2.42. The van der Waals surface area contributed by atoms with Gasteiger partial charge in [-0.15, -0.1) is 0 Å². The predicted octanol–water partition coefficient (Wildman–Crippen LogP) is 2.46. The highest BCUT2D eigenvalue weighted by molar-refractivity contribution is 5.81. The first-order valence-electron chi connectivity index (χ1n) is 8.38. The number of amides is 1. The molecule has 1 aromatic rings. The zero-order valence-electron chi connectivity index (χ0n) is 14.7. The van der Waals surface area contributed by atoms with Gasteiger partial charge in [-0.3, -0.25) is 4.90 Å². The van der Waals surface area contributed by atoms with E-state index >= 15 is 0 Å². The van der Waals surface area contributed by atoms with E-state index in [2.05, 4.69) is 0 Å². The van der Waals surface area contributed by atoms with Crippen LogP contribution in [0.3, 0.4) is 0 Å². The van der Waals surface area contributed by atoms with E-state index in [0.717, 1.165) is 17.7 Å².